The molecule has 82 valence electrons. The first-order valence-electron chi connectivity index (χ1n) is 5.07. The predicted octanol–water partition coefficient (Wildman–Crippen LogP) is 2.13. The maximum Gasteiger partial charge on any atom is 0.123 e. The van der Waals surface area contributed by atoms with E-state index in [2.05, 4.69) is 0 Å². The number of hydrogen-bond acceptors (Lipinski definition) is 2. The van der Waals surface area contributed by atoms with Gasteiger partial charge >= 0.3 is 0 Å². The average molecular weight is 210 g/mol. The smallest absolute Gasteiger partial charge is 0.123 e. The van der Waals surface area contributed by atoms with E-state index in [0.29, 0.717) is 18.4 Å². The van der Waals surface area contributed by atoms with Gasteiger partial charge in [-0.3, -0.25) is 0 Å². The van der Waals surface area contributed by atoms with Gasteiger partial charge in [-0.1, -0.05) is 6.07 Å². The fraction of sp³-hybridized carbons (Fsp3) is 0.500. The zero-order valence-electron chi connectivity index (χ0n) is 8.96. The fourth-order valence-corrected chi connectivity index (χ4v) is 2.18. The van der Waals surface area contributed by atoms with Gasteiger partial charge in [0.25, 0.3) is 0 Å². The second kappa shape index (κ2) is 3.58. The molecule has 0 bridgehead atoms. The summed E-state index contributed by atoms with van der Waals surface area (Å²) >= 11 is 0. The zero-order chi connectivity index (χ0) is 11.1. The van der Waals surface area contributed by atoms with Crippen LogP contribution in [-0.4, -0.2) is 18.3 Å². The van der Waals surface area contributed by atoms with E-state index in [0.717, 1.165) is 5.56 Å². The fourth-order valence-electron chi connectivity index (χ4n) is 2.18. The van der Waals surface area contributed by atoms with Crippen LogP contribution in [0.2, 0.25) is 0 Å². The summed E-state index contributed by atoms with van der Waals surface area (Å²) in [7, 11) is 1.63. The molecule has 1 aromatic rings. The highest BCUT2D eigenvalue weighted by Gasteiger charge is 2.45. The topological polar surface area (TPSA) is 29.5 Å². The minimum Gasteiger partial charge on any atom is -0.385 e. The highest BCUT2D eigenvalue weighted by molar-refractivity contribution is 5.34. The van der Waals surface area contributed by atoms with E-state index < -0.39 is 5.60 Å². The molecule has 1 aliphatic rings. The van der Waals surface area contributed by atoms with Crippen molar-refractivity contribution >= 4 is 0 Å². The summed E-state index contributed by atoms with van der Waals surface area (Å²) in [6.07, 6.45) is 1.19. The number of methoxy groups -OCH3 is 1. The van der Waals surface area contributed by atoms with Gasteiger partial charge in [-0.15, -0.1) is 0 Å². The lowest BCUT2D eigenvalue weighted by atomic mass is 9.71. The quantitative estimate of drug-likeness (QED) is 0.810. The monoisotopic (exact) mass is 210 g/mol. The van der Waals surface area contributed by atoms with Crippen LogP contribution in [0.25, 0.3) is 0 Å². The van der Waals surface area contributed by atoms with Crippen molar-refractivity contribution in [3.63, 3.8) is 0 Å². The lowest BCUT2D eigenvalue weighted by Crippen LogP contribution is -2.45. The molecule has 2 nitrogen and oxygen atoms in total. The third-order valence-corrected chi connectivity index (χ3v) is 3.17. The van der Waals surface area contributed by atoms with Gasteiger partial charge in [-0.2, -0.15) is 0 Å². The van der Waals surface area contributed by atoms with Gasteiger partial charge < -0.3 is 9.84 Å². The van der Waals surface area contributed by atoms with Gasteiger partial charge in [0.1, 0.15) is 5.82 Å². The van der Waals surface area contributed by atoms with E-state index in [1.807, 2.05) is 6.92 Å². The molecule has 0 radical (unpaired) electrons. The Hall–Kier alpha value is -0.930. The van der Waals surface area contributed by atoms with Crippen LogP contribution < -0.4 is 0 Å². The minimum atomic E-state index is -0.896. The van der Waals surface area contributed by atoms with Crippen molar-refractivity contribution in [2.45, 2.75) is 31.5 Å². The Morgan fingerprint density at radius 3 is 2.73 bits per heavy atom. The molecule has 1 saturated carbocycles. The molecule has 0 atom stereocenters. The Morgan fingerprint density at radius 2 is 2.13 bits per heavy atom. The lowest BCUT2D eigenvalue weighted by Gasteiger charge is -2.43. The number of aryl methyl sites for hydroxylation is 1. The van der Waals surface area contributed by atoms with Crippen LogP contribution in [-0.2, 0) is 10.3 Å². The number of rotatable bonds is 2. The van der Waals surface area contributed by atoms with Crippen LogP contribution in [0.3, 0.4) is 0 Å². The van der Waals surface area contributed by atoms with E-state index in [9.17, 15) is 9.50 Å². The van der Waals surface area contributed by atoms with Crippen LogP contribution in [0.4, 0.5) is 4.39 Å². The molecule has 3 heteroatoms. The summed E-state index contributed by atoms with van der Waals surface area (Å²) in [6.45, 7) is 1.88. The molecule has 1 aromatic carbocycles. The second-order valence-corrected chi connectivity index (χ2v) is 4.26. The molecule has 1 fully saturated rings. The SMILES string of the molecule is COC1CC(O)(c2cc(F)ccc2C)C1. The molecule has 2 rings (SSSR count). The summed E-state index contributed by atoms with van der Waals surface area (Å²) < 4.78 is 18.2. The van der Waals surface area contributed by atoms with Crippen LogP contribution in [0, 0.1) is 12.7 Å². The van der Waals surface area contributed by atoms with Crippen molar-refractivity contribution in [3.05, 3.63) is 35.1 Å². The molecule has 0 unspecified atom stereocenters. The Morgan fingerprint density at radius 1 is 1.47 bits per heavy atom. The number of hydrogen-bond donors (Lipinski definition) is 1. The summed E-state index contributed by atoms with van der Waals surface area (Å²) in [6, 6.07) is 4.53. The van der Waals surface area contributed by atoms with Gasteiger partial charge in [-0.05, 0) is 30.2 Å². The van der Waals surface area contributed by atoms with Gasteiger partial charge in [0.15, 0.2) is 0 Å². The summed E-state index contributed by atoms with van der Waals surface area (Å²) in [5.74, 6) is -0.301. The van der Waals surface area contributed by atoms with Gasteiger partial charge in [0.05, 0.1) is 11.7 Å². The Kier molecular flexibility index (Phi) is 2.52. The van der Waals surface area contributed by atoms with Crippen LogP contribution in [0.15, 0.2) is 18.2 Å². The summed E-state index contributed by atoms with van der Waals surface area (Å²) in [5.41, 5.74) is 0.719. The molecule has 0 aliphatic heterocycles. The minimum absolute atomic E-state index is 0.0951. The first kappa shape index (κ1) is 10.6. The van der Waals surface area contributed by atoms with Crippen LogP contribution in [0.1, 0.15) is 24.0 Å². The molecule has 15 heavy (non-hydrogen) atoms. The summed E-state index contributed by atoms with van der Waals surface area (Å²) in [4.78, 5) is 0. The molecule has 0 amide bonds. The third-order valence-electron chi connectivity index (χ3n) is 3.17. The number of ether oxygens (including phenoxy) is 1. The summed E-state index contributed by atoms with van der Waals surface area (Å²) in [5, 5.41) is 10.2. The van der Waals surface area contributed by atoms with E-state index in [1.165, 1.54) is 12.1 Å². The zero-order valence-corrected chi connectivity index (χ0v) is 8.96. The van der Waals surface area contributed by atoms with Crippen molar-refractivity contribution in [1.82, 2.24) is 0 Å². The molecule has 1 aliphatic carbocycles. The van der Waals surface area contributed by atoms with Crippen molar-refractivity contribution in [3.8, 4) is 0 Å². The second-order valence-electron chi connectivity index (χ2n) is 4.26. The van der Waals surface area contributed by atoms with Crippen molar-refractivity contribution in [2.24, 2.45) is 0 Å². The average Bonchev–Trinajstić information content (AvgIpc) is 2.17. The van der Waals surface area contributed by atoms with E-state index in [1.54, 1.807) is 13.2 Å². The highest BCUT2D eigenvalue weighted by atomic mass is 19.1. The Bertz CT molecular complexity index is 370. The van der Waals surface area contributed by atoms with E-state index in [-0.39, 0.29) is 11.9 Å². The van der Waals surface area contributed by atoms with E-state index in [4.69, 9.17) is 4.74 Å². The molecule has 0 heterocycles. The Balaban J connectivity index is 2.27. The number of aliphatic hydroxyl groups is 1. The lowest BCUT2D eigenvalue weighted by molar-refractivity contribution is -0.133. The molecule has 0 aromatic heterocycles. The first-order chi connectivity index (χ1) is 7.05. The standard InChI is InChI=1S/C12H15FO2/c1-8-3-4-9(13)5-11(8)12(14)6-10(7-12)15-2/h3-5,10,14H,6-7H2,1-2H3. The molecular formula is C12H15FO2. The molecule has 0 spiro atoms. The maximum absolute atomic E-state index is 13.1. The number of benzene rings is 1. The largest absolute Gasteiger partial charge is 0.385 e. The van der Waals surface area contributed by atoms with Gasteiger partial charge in [0.2, 0.25) is 0 Å². The predicted molar refractivity (Wildman–Crippen MR) is 55.1 cm³/mol. The Labute approximate surface area is 88.7 Å². The highest BCUT2D eigenvalue weighted by Crippen LogP contribution is 2.43. The molecule has 1 N–H and O–H groups in total. The molecule has 0 saturated heterocycles. The number of halogens is 1. The van der Waals surface area contributed by atoms with E-state index >= 15 is 0 Å². The third kappa shape index (κ3) is 1.77. The molecular weight excluding hydrogens is 195 g/mol. The van der Waals surface area contributed by atoms with Crippen molar-refractivity contribution < 1.29 is 14.2 Å². The van der Waals surface area contributed by atoms with Crippen LogP contribution in [0.5, 0.6) is 0 Å². The first-order valence-corrected chi connectivity index (χ1v) is 5.07. The van der Waals surface area contributed by atoms with Crippen molar-refractivity contribution in [1.29, 1.82) is 0 Å². The van der Waals surface area contributed by atoms with Crippen LogP contribution >= 0.6 is 0 Å². The van der Waals surface area contributed by atoms with Gasteiger partial charge in [0, 0.05) is 20.0 Å². The normalized spacial score (nSPS) is 30.0. The van der Waals surface area contributed by atoms with Crippen molar-refractivity contribution in [2.75, 3.05) is 7.11 Å². The maximum atomic E-state index is 13.1. The van der Waals surface area contributed by atoms with Gasteiger partial charge in [-0.25, -0.2) is 4.39 Å².